The molecule has 0 bridgehead atoms. The lowest BCUT2D eigenvalue weighted by molar-refractivity contribution is -0.385. The van der Waals surface area contributed by atoms with E-state index in [2.05, 4.69) is 118 Å². The molecule has 4 heterocycles. The van der Waals surface area contributed by atoms with E-state index in [1.807, 2.05) is 28.0 Å². The number of rotatable bonds is 8. The molecule has 0 unspecified atom stereocenters. The largest absolute Gasteiger partial charge is 0.871 e. The van der Waals surface area contributed by atoms with Gasteiger partial charge in [-0.2, -0.15) is 10.2 Å². The molecule has 0 aromatic heterocycles. The lowest BCUT2D eigenvalue weighted by Gasteiger charge is -2.43. The molecule has 1 amide bonds. The molecular weight excluding hydrogens is 819 g/mol. The molecule has 0 radical (unpaired) electrons. The zero-order valence-electron chi connectivity index (χ0n) is 38.1. The van der Waals surface area contributed by atoms with Gasteiger partial charge in [0.05, 0.1) is 27.9 Å². The molecule has 4 aliphatic heterocycles. The Balaban J connectivity index is 1.07. The number of carbonyl (C=O) groups is 1. The van der Waals surface area contributed by atoms with Crippen LogP contribution in [0, 0.1) is 10.1 Å². The number of fused-ring (bicyclic) bond motifs is 4. The number of hydrogen-bond donors (Lipinski definition) is 0. The van der Waals surface area contributed by atoms with E-state index in [-0.39, 0.29) is 34.0 Å². The van der Waals surface area contributed by atoms with Crippen molar-refractivity contribution in [2.45, 2.75) is 66.5 Å². The van der Waals surface area contributed by atoms with Gasteiger partial charge in [0.15, 0.2) is 5.54 Å². The molecule has 1 fully saturated rings. The Morgan fingerprint density at radius 1 is 0.769 bits per heavy atom. The minimum absolute atomic E-state index is 0.00437. The highest BCUT2D eigenvalue weighted by molar-refractivity contribution is 6.03. The van der Waals surface area contributed by atoms with Gasteiger partial charge in [-0.25, -0.2) is 4.58 Å². The molecule has 332 valence electrons. The van der Waals surface area contributed by atoms with Crippen molar-refractivity contribution >= 4 is 51.1 Å². The van der Waals surface area contributed by atoms with E-state index >= 15 is 0 Å². The summed E-state index contributed by atoms with van der Waals surface area (Å²) in [5.74, 6) is 0.461. The number of piperazine rings is 1. The van der Waals surface area contributed by atoms with Crippen molar-refractivity contribution in [1.82, 2.24) is 9.48 Å². The van der Waals surface area contributed by atoms with Crippen LogP contribution in [0.5, 0.6) is 23.0 Å². The van der Waals surface area contributed by atoms with Crippen molar-refractivity contribution in [2.24, 2.45) is 10.2 Å². The first-order chi connectivity index (χ1) is 31.0. The number of amides is 1. The average molecular weight is 871 g/mol. The highest BCUT2D eigenvalue weighted by atomic mass is 16.6. The van der Waals surface area contributed by atoms with Gasteiger partial charge in [0, 0.05) is 109 Å². The number of allylic oxidation sites excluding steroid dienone is 2. The van der Waals surface area contributed by atoms with Gasteiger partial charge in [0.1, 0.15) is 18.0 Å². The standard InChI is InChI=1S/C52H53N7O6/c1-9-57-43-27-47-39(25-37(43)31(3)29-51(57,5)6)49(40-26-38-32(4)30-52(7,8)58(10-2)44(38)28-48(40)65-47)35-13-11-12-14-36(35)50(62)56-21-19-55(20-22-56)33-15-17-41(46(61)24-33)53-54-42-23-34(59(63)64)16-18-45(42)60/h11-18,23-30,62H,9-10,19-22H2,1-8H3/p-1. The molecule has 0 aliphatic carbocycles. The van der Waals surface area contributed by atoms with Crippen molar-refractivity contribution in [3.05, 3.63) is 146 Å². The quantitative estimate of drug-likeness (QED) is 0.0643. The maximum atomic E-state index is 14.9. The average Bonchev–Trinajstić information content (AvgIpc) is 3.27. The molecule has 0 atom stereocenters. The number of benzene rings is 5. The van der Waals surface area contributed by atoms with Crippen LogP contribution in [0.1, 0.15) is 88.0 Å². The third-order valence-electron chi connectivity index (χ3n) is 13.3. The highest BCUT2D eigenvalue weighted by Gasteiger charge is 2.37. The number of carbonyl (C=O) groups excluding carboxylic acids is 1. The number of azo groups is 1. The number of nitro benzene ring substituents is 1. The van der Waals surface area contributed by atoms with Crippen molar-refractivity contribution in [3.8, 4) is 23.0 Å². The van der Waals surface area contributed by atoms with Crippen molar-refractivity contribution in [3.63, 3.8) is 0 Å². The van der Waals surface area contributed by atoms with Crippen LogP contribution in [-0.2, 0) is 0 Å². The molecule has 9 rings (SSSR count). The third kappa shape index (κ3) is 7.48. The Morgan fingerprint density at radius 3 is 2.20 bits per heavy atom. The lowest BCUT2D eigenvalue weighted by atomic mass is 9.83. The fourth-order valence-electron chi connectivity index (χ4n) is 10.3. The number of anilines is 2. The SMILES string of the molecule is CCN1c2cc3c(cc2C(C)=CC1(C)C)C(c1ccccc1C(=O)N1CCN(c2ccc(N=Nc4cc([N+](=O)[O-])ccc4[O-])c([O-])c2)CC1)=c1cc2c(cc1O3)=[N+](CC)C(C)(C)C=C2C. The van der Waals surface area contributed by atoms with Crippen LogP contribution in [0.4, 0.5) is 28.4 Å². The zero-order valence-corrected chi connectivity index (χ0v) is 38.1. The van der Waals surface area contributed by atoms with Crippen LogP contribution in [0.3, 0.4) is 0 Å². The number of hydrogen-bond acceptors (Lipinski definition) is 10. The van der Waals surface area contributed by atoms with E-state index in [4.69, 9.17) is 4.74 Å². The Labute approximate surface area is 378 Å². The van der Waals surface area contributed by atoms with Gasteiger partial charge in [0.25, 0.3) is 11.6 Å². The Morgan fingerprint density at radius 2 is 1.49 bits per heavy atom. The molecule has 4 aliphatic rings. The van der Waals surface area contributed by atoms with Crippen LogP contribution in [-0.4, -0.2) is 66.1 Å². The minimum Gasteiger partial charge on any atom is -0.871 e. The van der Waals surface area contributed by atoms with Crippen LogP contribution in [0.2, 0.25) is 0 Å². The summed E-state index contributed by atoms with van der Waals surface area (Å²) < 4.78 is 9.42. The predicted octanol–water partition coefficient (Wildman–Crippen LogP) is 8.20. The van der Waals surface area contributed by atoms with E-state index < -0.39 is 16.4 Å². The van der Waals surface area contributed by atoms with E-state index in [1.165, 1.54) is 23.3 Å². The van der Waals surface area contributed by atoms with E-state index in [1.54, 1.807) is 6.07 Å². The molecule has 5 aromatic rings. The number of ether oxygens (including phenoxy) is 1. The first-order valence-electron chi connectivity index (χ1n) is 22.2. The maximum absolute atomic E-state index is 14.9. The Hall–Kier alpha value is -7.28. The Kier molecular flexibility index (Phi) is 10.6. The molecule has 5 aromatic carbocycles. The summed E-state index contributed by atoms with van der Waals surface area (Å²) in [5.41, 5.74) is 8.85. The number of non-ortho nitro benzene ring substituents is 1. The predicted molar refractivity (Wildman–Crippen MR) is 251 cm³/mol. The topological polar surface area (TPSA) is 153 Å². The summed E-state index contributed by atoms with van der Waals surface area (Å²) in [6.07, 6.45) is 4.66. The fraction of sp³-hybridized carbons (Fsp3) is 0.308. The molecule has 0 N–H and O–H groups in total. The van der Waals surface area contributed by atoms with Crippen molar-refractivity contribution in [1.29, 1.82) is 0 Å². The Bertz CT molecular complexity index is 3070. The van der Waals surface area contributed by atoms with E-state index in [0.717, 1.165) is 86.9 Å². The lowest BCUT2D eigenvalue weighted by Crippen LogP contribution is -2.49. The normalized spacial score (nSPS) is 17.1. The van der Waals surface area contributed by atoms with Crippen LogP contribution in [0.25, 0.3) is 16.7 Å². The molecule has 13 heteroatoms. The van der Waals surface area contributed by atoms with Crippen molar-refractivity contribution in [2.75, 3.05) is 49.1 Å². The fourth-order valence-corrected chi connectivity index (χ4v) is 10.3. The molecule has 65 heavy (non-hydrogen) atoms. The second-order valence-electron chi connectivity index (χ2n) is 18.2. The van der Waals surface area contributed by atoms with Gasteiger partial charge in [-0.3, -0.25) is 14.9 Å². The van der Waals surface area contributed by atoms with Gasteiger partial charge in [-0.1, -0.05) is 41.8 Å². The molecule has 0 saturated carbocycles. The second kappa shape index (κ2) is 16.1. The van der Waals surface area contributed by atoms with Gasteiger partial charge in [-0.05, 0) is 101 Å². The highest BCUT2D eigenvalue weighted by Crippen LogP contribution is 2.47. The maximum Gasteiger partial charge on any atom is 0.271 e. The number of nitrogens with zero attached hydrogens (tertiary/aromatic N) is 7. The first kappa shape index (κ1) is 43.0. The van der Waals surface area contributed by atoms with Gasteiger partial charge >= 0.3 is 0 Å². The summed E-state index contributed by atoms with van der Waals surface area (Å²) in [6, 6.07) is 24.7. The number of nitro groups is 1. The van der Waals surface area contributed by atoms with E-state index in [0.29, 0.717) is 37.4 Å². The smallest absolute Gasteiger partial charge is 0.271 e. The second-order valence-corrected chi connectivity index (χ2v) is 18.2. The monoisotopic (exact) mass is 870 g/mol. The third-order valence-corrected chi connectivity index (χ3v) is 13.3. The van der Waals surface area contributed by atoms with Gasteiger partial charge in [-0.15, -0.1) is 0 Å². The van der Waals surface area contributed by atoms with Gasteiger partial charge < -0.3 is 29.6 Å². The molecule has 13 nitrogen and oxygen atoms in total. The zero-order chi connectivity index (χ0) is 46.1. The number of likely N-dealkylation sites (N-methyl/N-ethyl adjacent to an activating group) is 2. The summed E-state index contributed by atoms with van der Waals surface area (Å²) in [5, 5.41) is 46.4. The van der Waals surface area contributed by atoms with Gasteiger partial charge in [0.2, 0.25) is 5.36 Å². The summed E-state index contributed by atoms with van der Waals surface area (Å²) in [4.78, 5) is 31.8. The van der Waals surface area contributed by atoms with Crippen LogP contribution < -0.4 is 39.9 Å². The summed E-state index contributed by atoms with van der Waals surface area (Å²) in [7, 11) is 0. The van der Waals surface area contributed by atoms with Crippen LogP contribution >= 0.6 is 0 Å². The van der Waals surface area contributed by atoms with Crippen LogP contribution in [0.15, 0.2) is 107 Å². The minimum atomic E-state index is -0.629. The molecular formula is C52H52N7O6-. The van der Waals surface area contributed by atoms with E-state index in [9.17, 15) is 25.1 Å². The summed E-state index contributed by atoms with van der Waals surface area (Å²) >= 11 is 0. The molecule has 1 saturated heterocycles. The van der Waals surface area contributed by atoms with Crippen molar-refractivity contribution < 1.29 is 24.7 Å². The first-order valence-corrected chi connectivity index (χ1v) is 22.2. The molecule has 0 spiro atoms. The summed E-state index contributed by atoms with van der Waals surface area (Å²) in [6.45, 7) is 21.1.